The fourth-order valence-corrected chi connectivity index (χ4v) is 1.51. The monoisotopic (exact) mass is 181 g/mol. The first-order chi connectivity index (χ1) is 6.25. The lowest BCUT2D eigenvalue weighted by Gasteiger charge is -2.11. The number of unbranched alkanes of at least 4 members (excludes halogenated alkanes) is 2. The number of hydrogen-bond acceptors (Lipinski definition) is 2. The summed E-state index contributed by atoms with van der Waals surface area (Å²) in [4.78, 5) is 0. The molecule has 1 aromatic rings. The highest BCUT2D eigenvalue weighted by Gasteiger charge is 2.08. The van der Waals surface area contributed by atoms with Crippen LogP contribution in [0, 0.1) is 0 Å². The number of nitrogens with zero attached hydrogens (tertiary/aromatic N) is 2. The molecule has 1 atom stereocenters. The molecule has 3 heteroatoms. The lowest BCUT2D eigenvalue weighted by atomic mass is 10.1. The van der Waals surface area contributed by atoms with Gasteiger partial charge >= 0.3 is 0 Å². The van der Waals surface area contributed by atoms with E-state index in [1.165, 1.54) is 19.3 Å². The molecule has 0 saturated heterocycles. The van der Waals surface area contributed by atoms with E-state index >= 15 is 0 Å². The Hall–Kier alpha value is -0.830. The van der Waals surface area contributed by atoms with Gasteiger partial charge in [0.15, 0.2) is 0 Å². The maximum absolute atomic E-state index is 6.02. The zero-order valence-corrected chi connectivity index (χ0v) is 8.53. The van der Waals surface area contributed by atoms with Crippen molar-refractivity contribution in [1.29, 1.82) is 0 Å². The third-order valence-electron chi connectivity index (χ3n) is 2.36. The van der Waals surface area contributed by atoms with Gasteiger partial charge in [-0.1, -0.05) is 26.2 Å². The van der Waals surface area contributed by atoms with Crippen LogP contribution in [0.15, 0.2) is 12.3 Å². The summed E-state index contributed by atoms with van der Waals surface area (Å²) in [5, 5.41) is 4.10. The Morgan fingerprint density at radius 3 is 2.85 bits per heavy atom. The van der Waals surface area contributed by atoms with Crippen LogP contribution in [0.1, 0.15) is 44.3 Å². The van der Waals surface area contributed by atoms with Crippen LogP contribution in [-0.4, -0.2) is 9.78 Å². The number of aryl methyl sites for hydroxylation is 1. The van der Waals surface area contributed by atoms with Crippen LogP contribution in [0.2, 0.25) is 0 Å². The number of aromatic nitrogens is 2. The average Bonchev–Trinajstić information content (AvgIpc) is 2.52. The summed E-state index contributed by atoms with van der Waals surface area (Å²) in [6.45, 7) is 2.20. The molecule has 0 saturated carbocycles. The van der Waals surface area contributed by atoms with Gasteiger partial charge in [0, 0.05) is 19.3 Å². The quantitative estimate of drug-likeness (QED) is 0.706. The molecular weight excluding hydrogens is 162 g/mol. The molecule has 74 valence electrons. The van der Waals surface area contributed by atoms with E-state index in [4.69, 9.17) is 5.73 Å². The Morgan fingerprint density at radius 2 is 2.31 bits per heavy atom. The molecule has 0 bridgehead atoms. The summed E-state index contributed by atoms with van der Waals surface area (Å²) in [7, 11) is 1.94. The highest BCUT2D eigenvalue weighted by molar-refractivity contribution is 5.05. The fraction of sp³-hybridized carbons (Fsp3) is 0.700. The van der Waals surface area contributed by atoms with Crippen LogP contribution in [0.3, 0.4) is 0 Å². The zero-order valence-electron chi connectivity index (χ0n) is 8.53. The van der Waals surface area contributed by atoms with E-state index in [-0.39, 0.29) is 6.04 Å². The second-order valence-corrected chi connectivity index (χ2v) is 3.48. The predicted octanol–water partition coefficient (Wildman–Crippen LogP) is 2.00. The standard InChI is InChI=1S/C10H19N3/c1-3-4-5-6-9(11)10-7-8-12-13(10)2/h7-9H,3-6,11H2,1-2H3. The first-order valence-electron chi connectivity index (χ1n) is 4.99. The fourth-order valence-electron chi connectivity index (χ4n) is 1.51. The summed E-state index contributed by atoms with van der Waals surface area (Å²) in [5.41, 5.74) is 7.16. The third-order valence-corrected chi connectivity index (χ3v) is 2.36. The zero-order chi connectivity index (χ0) is 9.68. The SMILES string of the molecule is CCCCCC(N)c1ccnn1C. The van der Waals surface area contributed by atoms with Crippen molar-refractivity contribution in [2.45, 2.75) is 38.6 Å². The van der Waals surface area contributed by atoms with Gasteiger partial charge < -0.3 is 5.73 Å². The van der Waals surface area contributed by atoms with Crippen molar-refractivity contribution < 1.29 is 0 Å². The second-order valence-electron chi connectivity index (χ2n) is 3.48. The molecule has 0 aliphatic rings. The van der Waals surface area contributed by atoms with Crippen LogP contribution in [0.4, 0.5) is 0 Å². The lowest BCUT2D eigenvalue weighted by Crippen LogP contribution is -2.14. The van der Waals surface area contributed by atoms with Crippen LogP contribution in [0.25, 0.3) is 0 Å². The van der Waals surface area contributed by atoms with E-state index in [1.807, 2.05) is 17.8 Å². The average molecular weight is 181 g/mol. The van der Waals surface area contributed by atoms with Crippen molar-refractivity contribution in [3.05, 3.63) is 18.0 Å². The van der Waals surface area contributed by atoms with Crippen LogP contribution in [-0.2, 0) is 7.05 Å². The molecule has 0 aliphatic carbocycles. The van der Waals surface area contributed by atoms with Crippen molar-refractivity contribution in [3.63, 3.8) is 0 Å². The first-order valence-corrected chi connectivity index (χ1v) is 4.99. The minimum atomic E-state index is 0.152. The van der Waals surface area contributed by atoms with E-state index in [0.717, 1.165) is 12.1 Å². The van der Waals surface area contributed by atoms with Gasteiger partial charge in [0.1, 0.15) is 0 Å². The summed E-state index contributed by atoms with van der Waals surface area (Å²) in [6, 6.07) is 2.15. The third kappa shape index (κ3) is 2.84. The van der Waals surface area contributed by atoms with Crippen LogP contribution < -0.4 is 5.73 Å². The maximum Gasteiger partial charge on any atom is 0.0548 e. The molecule has 13 heavy (non-hydrogen) atoms. The van der Waals surface area contributed by atoms with E-state index in [0.29, 0.717) is 0 Å². The van der Waals surface area contributed by atoms with Crippen molar-refractivity contribution in [2.75, 3.05) is 0 Å². The van der Waals surface area contributed by atoms with Crippen molar-refractivity contribution in [2.24, 2.45) is 12.8 Å². The highest BCUT2D eigenvalue weighted by atomic mass is 15.3. The molecule has 0 fully saturated rings. The summed E-state index contributed by atoms with van der Waals surface area (Å²) in [5.74, 6) is 0. The molecular formula is C10H19N3. The van der Waals surface area contributed by atoms with Crippen molar-refractivity contribution in [3.8, 4) is 0 Å². The first kappa shape index (κ1) is 10.3. The Morgan fingerprint density at radius 1 is 1.54 bits per heavy atom. The summed E-state index contributed by atoms with van der Waals surface area (Å²) < 4.78 is 1.86. The molecule has 0 spiro atoms. The van der Waals surface area contributed by atoms with Gasteiger partial charge in [-0.25, -0.2) is 0 Å². The molecule has 1 heterocycles. The second kappa shape index (κ2) is 5.02. The molecule has 1 rings (SSSR count). The van der Waals surface area contributed by atoms with Gasteiger partial charge in [-0.3, -0.25) is 4.68 Å². The van der Waals surface area contributed by atoms with Gasteiger partial charge in [-0.05, 0) is 12.5 Å². The Balaban J connectivity index is 2.39. The molecule has 3 nitrogen and oxygen atoms in total. The van der Waals surface area contributed by atoms with Crippen molar-refractivity contribution >= 4 is 0 Å². The van der Waals surface area contributed by atoms with E-state index < -0.39 is 0 Å². The largest absolute Gasteiger partial charge is 0.323 e. The van der Waals surface area contributed by atoms with E-state index in [9.17, 15) is 0 Å². The van der Waals surface area contributed by atoms with Gasteiger partial charge in [0.05, 0.1) is 5.69 Å². The Bertz CT molecular complexity index is 242. The van der Waals surface area contributed by atoms with Crippen LogP contribution >= 0.6 is 0 Å². The highest BCUT2D eigenvalue weighted by Crippen LogP contribution is 2.15. The van der Waals surface area contributed by atoms with Crippen LogP contribution in [0.5, 0.6) is 0 Å². The maximum atomic E-state index is 6.02. The van der Waals surface area contributed by atoms with E-state index in [2.05, 4.69) is 12.0 Å². The summed E-state index contributed by atoms with van der Waals surface area (Å²) in [6.07, 6.45) is 6.59. The molecule has 0 aromatic carbocycles. The van der Waals surface area contributed by atoms with Gasteiger partial charge in [0.2, 0.25) is 0 Å². The predicted molar refractivity (Wildman–Crippen MR) is 54.3 cm³/mol. The number of hydrogen-bond donors (Lipinski definition) is 1. The summed E-state index contributed by atoms with van der Waals surface area (Å²) >= 11 is 0. The topological polar surface area (TPSA) is 43.8 Å². The smallest absolute Gasteiger partial charge is 0.0548 e. The minimum Gasteiger partial charge on any atom is -0.323 e. The molecule has 0 radical (unpaired) electrons. The van der Waals surface area contributed by atoms with Gasteiger partial charge in [0.25, 0.3) is 0 Å². The number of nitrogens with two attached hydrogens (primary N) is 1. The molecule has 1 unspecified atom stereocenters. The molecule has 0 amide bonds. The normalized spacial score (nSPS) is 13.2. The molecule has 1 aromatic heterocycles. The van der Waals surface area contributed by atoms with E-state index in [1.54, 1.807) is 6.20 Å². The number of rotatable bonds is 5. The molecule has 2 N–H and O–H groups in total. The lowest BCUT2D eigenvalue weighted by molar-refractivity contribution is 0.542. The Labute approximate surface area is 79.9 Å². The minimum absolute atomic E-state index is 0.152. The van der Waals surface area contributed by atoms with Crippen molar-refractivity contribution in [1.82, 2.24) is 9.78 Å². The van der Waals surface area contributed by atoms with Gasteiger partial charge in [-0.2, -0.15) is 5.10 Å². The Kier molecular flexibility index (Phi) is 3.96. The molecule has 0 aliphatic heterocycles. The van der Waals surface area contributed by atoms with Gasteiger partial charge in [-0.15, -0.1) is 0 Å².